The van der Waals surface area contributed by atoms with E-state index in [0.29, 0.717) is 44.0 Å². The number of amides is 3. The Balaban J connectivity index is 1.52. The highest BCUT2D eigenvalue weighted by atomic mass is 16.5. The molecule has 3 amide bonds. The molecule has 9 heteroatoms. The van der Waals surface area contributed by atoms with Gasteiger partial charge < -0.3 is 19.3 Å². The smallest absolute Gasteiger partial charge is 0.309 e. The zero-order valence-electron chi connectivity index (χ0n) is 17.3. The minimum atomic E-state index is -0.338. The molecule has 30 heavy (non-hydrogen) atoms. The van der Waals surface area contributed by atoms with Crippen molar-refractivity contribution in [1.29, 1.82) is 0 Å². The van der Waals surface area contributed by atoms with Gasteiger partial charge in [-0.2, -0.15) is 0 Å². The maximum atomic E-state index is 12.7. The number of piperidine rings is 1. The second kappa shape index (κ2) is 9.60. The molecule has 0 unspecified atom stereocenters. The fourth-order valence-electron chi connectivity index (χ4n) is 3.60. The maximum Gasteiger partial charge on any atom is 0.309 e. The first-order valence-electron chi connectivity index (χ1n) is 10.1. The summed E-state index contributed by atoms with van der Waals surface area (Å²) < 4.78 is 10.4. The lowest BCUT2D eigenvalue weighted by Gasteiger charge is -2.33. The molecule has 0 N–H and O–H groups in total. The Morgan fingerprint density at radius 3 is 2.60 bits per heavy atom. The number of esters is 1. The molecule has 0 atom stereocenters. The van der Waals surface area contributed by atoms with Gasteiger partial charge in [-0.05, 0) is 31.9 Å². The van der Waals surface area contributed by atoms with Crippen LogP contribution in [-0.4, -0.2) is 79.9 Å². The Kier molecular flexibility index (Phi) is 6.91. The van der Waals surface area contributed by atoms with E-state index in [4.69, 9.17) is 9.47 Å². The first kappa shape index (κ1) is 21.6. The standard InChI is InChI=1S/C21H27N3O6/c1-3-29-21(28)15-8-10-23(11-9-15)19(26)12-22(2)18(25)13-24-16-6-4-5-7-17(16)30-14-20(24)27/h4-7,15H,3,8-14H2,1-2H3. The van der Waals surface area contributed by atoms with E-state index < -0.39 is 0 Å². The second-order valence-corrected chi connectivity index (χ2v) is 7.39. The monoisotopic (exact) mass is 417 g/mol. The zero-order chi connectivity index (χ0) is 21.7. The molecule has 0 aliphatic carbocycles. The van der Waals surface area contributed by atoms with E-state index in [0.717, 1.165) is 0 Å². The average Bonchev–Trinajstić information content (AvgIpc) is 2.75. The fraction of sp³-hybridized carbons (Fsp3) is 0.524. The topological polar surface area (TPSA) is 96.5 Å². The van der Waals surface area contributed by atoms with Gasteiger partial charge in [-0.15, -0.1) is 0 Å². The van der Waals surface area contributed by atoms with Crippen LogP contribution >= 0.6 is 0 Å². The number of anilines is 1. The highest BCUT2D eigenvalue weighted by Crippen LogP contribution is 2.31. The van der Waals surface area contributed by atoms with Gasteiger partial charge >= 0.3 is 5.97 Å². The van der Waals surface area contributed by atoms with Gasteiger partial charge in [0.2, 0.25) is 11.8 Å². The van der Waals surface area contributed by atoms with Crippen LogP contribution in [0.1, 0.15) is 19.8 Å². The number of rotatable bonds is 6. The van der Waals surface area contributed by atoms with Gasteiger partial charge in [0.15, 0.2) is 6.61 Å². The summed E-state index contributed by atoms with van der Waals surface area (Å²) in [6.07, 6.45) is 1.11. The lowest BCUT2D eigenvalue weighted by Crippen LogP contribution is -2.49. The summed E-state index contributed by atoms with van der Waals surface area (Å²) in [6.45, 7) is 2.67. The number of benzene rings is 1. The van der Waals surface area contributed by atoms with Crippen molar-refractivity contribution in [3.63, 3.8) is 0 Å². The van der Waals surface area contributed by atoms with Crippen molar-refractivity contribution in [2.75, 3.05) is 51.3 Å². The molecule has 0 aromatic heterocycles. The summed E-state index contributed by atoms with van der Waals surface area (Å²) >= 11 is 0. The van der Waals surface area contributed by atoms with Crippen molar-refractivity contribution < 1.29 is 28.7 Å². The van der Waals surface area contributed by atoms with Crippen LogP contribution in [0, 0.1) is 5.92 Å². The molecule has 2 aliphatic heterocycles. The lowest BCUT2D eigenvalue weighted by molar-refractivity contribution is -0.151. The highest BCUT2D eigenvalue weighted by molar-refractivity contribution is 6.02. The fourth-order valence-corrected chi connectivity index (χ4v) is 3.60. The molecule has 162 valence electrons. The number of hydrogen-bond donors (Lipinski definition) is 0. The van der Waals surface area contributed by atoms with Crippen molar-refractivity contribution in [1.82, 2.24) is 9.80 Å². The number of ether oxygens (including phenoxy) is 2. The molecule has 1 aromatic carbocycles. The van der Waals surface area contributed by atoms with Crippen molar-refractivity contribution in [3.8, 4) is 5.75 Å². The molecule has 9 nitrogen and oxygen atoms in total. The molecule has 0 spiro atoms. The molecule has 1 fully saturated rings. The molecular weight excluding hydrogens is 390 g/mol. The van der Waals surface area contributed by atoms with Gasteiger partial charge in [-0.1, -0.05) is 12.1 Å². The summed E-state index contributed by atoms with van der Waals surface area (Å²) in [7, 11) is 1.54. The first-order chi connectivity index (χ1) is 14.4. The van der Waals surface area contributed by atoms with Gasteiger partial charge in [0, 0.05) is 20.1 Å². The van der Waals surface area contributed by atoms with Gasteiger partial charge in [0.25, 0.3) is 5.91 Å². The Morgan fingerprint density at radius 1 is 1.20 bits per heavy atom. The molecule has 3 rings (SSSR count). The van der Waals surface area contributed by atoms with Crippen molar-refractivity contribution in [2.24, 2.45) is 5.92 Å². The number of nitrogens with zero attached hydrogens (tertiary/aromatic N) is 3. The minimum Gasteiger partial charge on any atom is -0.482 e. The second-order valence-electron chi connectivity index (χ2n) is 7.39. The third-order valence-electron chi connectivity index (χ3n) is 5.37. The molecule has 2 heterocycles. The van der Waals surface area contributed by atoms with Crippen molar-refractivity contribution in [2.45, 2.75) is 19.8 Å². The van der Waals surface area contributed by atoms with E-state index in [1.165, 1.54) is 9.80 Å². The van der Waals surface area contributed by atoms with E-state index in [1.54, 1.807) is 43.1 Å². The minimum absolute atomic E-state index is 0.0803. The summed E-state index contributed by atoms with van der Waals surface area (Å²) in [5.74, 6) is -0.666. The Bertz CT molecular complexity index is 819. The lowest BCUT2D eigenvalue weighted by atomic mass is 9.97. The Labute approximate surface area is 175 Å². The molecule has 0 saturated carbocycles. The van der Waals surface area contributed by atoms with E-state index in [1.807, 2.05) is 0 Å². The number of hydrogen-bond acceptors (Lipinski definition) is 6. The van der Waals surface area contributed by atoms with E-state index in [9.17, 15) is 19.2 Å². The molecular formula is C21H27N3O6. The van der Waals surface area contributed by atoms with Gasteiger partial charge in [0.1, 0.15) is 12.3 Å². The third-order valence-corrected chi connectivity index (χ3v) is 5.37. The molecule has 1 saturated heterocycles. The number of likely N-dealkylation sites (tertiary alicyclic amines) is 1. The Hall–Kier alpha value is -3.10. The molecule has 1 aromatic rings. The van der Waals surface area contributed by atoms with Crippen molar-refractivity contribution in [3.05, 3.63) is 24.3 Å². The van der Waals surface area contributed by atoms with Gasteiger partial charge in [0.05, 0.1) is 24.8 Å². The van der Waals surface area contributed by atoms with Gasteiger partial charge in [-0.3, -0.25) is 24.1 Å². The Morgan fingerprint density at radius 2 is 1.90 bits per heavy atom. The summed E-state index contributed by atoms with van der Waals surface area (Å²) in [4.78, 5) is 53.7. The van der Waals surface area contributed by atoms with Crippen LogP contribution in [0.25, 0.3) is 0 Å². The number of fused-ring (bicyclic) bond motifs is 1. The van der Waals surface area contributed by atoms with Gasteiger partial charge in [-0.25, -0.2) is 0 Å². The van der Waals surface area contributed by atoms with Crippen LogP contribution in [-0.2, 0) is 23.9 Å². The molecule has 0 bridgehead atoms. The molecule has 2 aliphatic rings. The largest absolute Gasteiger partial charge is 0.482 e. The maximum absolute atomic E-state index is 12.7. The number of carbonyl (C=O) groups is 4. The normalized spacial score (nSPS) is 16.5. The van der Waals surface area contributed by atoms with Crippen LogP contribution in [0.2, 0.25) is 0 Å². The number of carbonyl (C=O) groups excluding carboxylic acids is 4. The predicted octanol–water partition coefficient (Wildman–Crippen LogP) is 0.672. The average molecular weight is 417 g/mol. The quantitative estimate of drug-likeness (QED) is 0.632. The van der Waals surface area contributed by atoms with Crippen LogP contribution in [0.15, 0.2) is 24.3 Å². The summed E-state index contributed by atoms with van der Waals surface area (Å²) in [6, 6.07) is 7.03. The summed E-state index contributed by atoms with van der Waals surface area (Å²) in [5.41, 5.74) is 0.544. The first-order valence-corrected chi connectivity index (χ1v) is 10.1. The van der Waals surface area contributed by atoms with Crippen LogP contribution in [0.3, 0.4) is 0 Å². The SMILES string of the molecule is CCOC(=O)C1CCN(C(=O)CN(C)C(=O)CN2C(=O)COc3ccccc32)CC1. The van der Waals surface area contributed by atoms with Crippen LogP contribution in [0.5, 0.6) is 5.75 Å². The highest BCUT2D eigenvalue weighted by Gasteiger charge is 2.31. The van der Waals surface area contributed by atoms with Crippen LogP contribution < -0.4 is 9.64 Å². The van der Waals surface area contributed by atoms with Crippen LogP contribution in [0.4, 0.5) is 5.69 Å². The zero-order valence-corrected chi connectivity index (χ0v) is 17.3. The number of likely N-dealkylation sites (N-methyl/N-ethyl adjacent to an activating group) is 1. The predicted molar refractivity (Wildman–Crippen MR) is 108 cm³/mol. The molecule has 0 radical (unpaired) electrons. The van der Waals surface area contributed by atoms with E-state index in [2.05, 4.69) is 0 Å². The third kappa shape index (κ3) is 4.90. The van der Waals surface area contributed by atoms with E-state index in [-0.39, 0.29) is 49.3 Å². The number of para-hydroxylation sites is 2. The van der Waals surface area contributed by atoms with Crippen molar-refractivity contribution >= 4 is 29.4 Å². The van der Waals surface area contributed by atoms with E-state index >= 15 is 0 Å². The summed E-state index contributed by atoms with van der Waals surface area (Å²) in [5, 5.41) is 0.